The first-order valence-electron chi connectivity index (χ1n) is 6.03. The molecule has 0 amide bonds. The van der Waals surface area contributed by atoms with Crippen molar-refractivity contribution < 1.29 is 19.1 Å². The Balaban J connectivity index is 2.52. The summed E-state index contributed by atoms with van der Waals surface area (Å²) in [6, 6.07) is 14.0. The molecule has 0 saturated heterocycles. The van der Waals surface area contributed by atoms with Gasteiger partial charge in [0.1, 0.15) is 0 Å². The van der Waals surface area contributed by atoms with Crippen molar-refractivity contribution >= 4 is 11.9 Å². The SMILES string of the molecule is COC(=O)c1cccc(-c2ccccc2C(=O)OC)c1. The molecule has 0 spiro atoms. The third-order valence-corrected chi connectivity index (χ3v) is 2.93. The molecule has 2 aromatic rings. The minimum atomic E-state index is -0.414. The summed E-state index contributed by atoms with van der Waals surface area (Å²) in [6.07, 6.45) is 0. The average molecular weight is 270 g/mol. The summed E-state index contributed by atoms with van der Waals surface area (Å²) >= 11 is 0. The summed E-state index contributed by atoms with van der Waals surface area (Å²) in [6.45, 7) is 0. The average Bonchev–Trinajstić information content (AvgIpc) is 2.53. The Kier molecular flexibility index (Phi) is 4.15. The van der Waals surface area contributed by atoms with Gasteiger partial charge in [-0.1, -0.05) is 30.3 Å². The normalized spacial score (nSPS) is 9.90. The van der Waals surface area contributed by atoms with Crippen molar-refractivity contribution in [1.82, 2.24) is 0 Å². The molecule has 2 aromatic carbocycles. The van der Waals surface area contributed by atoms with E-state index in [-0.39, 0.29) is 0 Å². The van der Waals surface area contributed by atoms with E-state index in [4.69, 9.17) is 9.47 Å². The number of rotatable bonds is 3. The van der Waals surface area contributed by atoms with Crippen LogP contribution >= 0.6 is 0 Å². The first-order chi connectivity index (χ1) is 9.67. The number of benzene rings is 2. The zero-order valence-electron chi connectivity index (χ0n) is 11.3. The minimum Gasteiger partial charge on any atom is -0.465 e. The molecular weight excluding hydrogens is 256 g/mol. The van der Waals surface area contributed by atoms with E-state index >= 15 is 0 Å². The maximum Gasteiger partial charge on any atom is 0.338 e. The lowest BCUT2D eigenvalue weighted by molar-refractivity contribution is 0.0593. The molecule has 0 bridgehead atoms. The summed E-state index contributed by atoms with van der Waals surface area (Å²) in [4.78, 5) is 23.3. The van der Waals surface area contributed by atoms with Crippen LogP contribution < -0.4 is 0 Å². The Morgan fingerprint density at radius 2 is 1.55 bits per heavy atom. The van der Waals surface area contributed by atoms with Gasteiger partial charge >= 0.3 is 11.9 Å². The molecule has 0 radical (unpaired) electrons. The molecule has 0 aliphatic heterocycles. The number of carbonyl (C=O) groups excluding carboxylic acids is 2. The van der Waals surface area contributed by atoms with Crippen molar-refractivity contribution in [2.24, 2.45) is 0 Å². The van der Waals surface area contributed by atoms with Crippen LogP contribution in [-0.2, 0) is 9.47 Å². The number of hydrogen-bond donors (Lipinski definition) is 0. The number of esters is 2. The zero-order valence-corrected chi connectivity index (χ0v) is 11.3. The van der Waals surface area contributed by atoms with Gasteiger partial charge in [0, 0.05) is 0 Å². The van der Waals surface area contributed by atoms with Crippen LogP contribution in [0.15, 0.2) is 48.5 Å². The summed E-state index contributed by atoms with van der Waals surface area (Å²) in [5.41, 5.74) is 2.36. The van der Waals surface area contributed by atoms with E-state index < -0.39 is 11.9 Å². The Hall–Kier alpha value is -2.62. The lowest BCUT2D eigenvalue weighted by atomic mass is 9.98. The van der Waals surface area contributed by atoms with E-state index in [0.717, 1.165) is 5.56 Å². The Bertz CT molecular complexity index is 646. The molecule has 0 N–H and O–H groups in total. The number of carbonyl (C=O) groups is 2. The van der Waals surface area contributed by atoms with E-state index in [2.05, 4.69) is 0 Å². The molecule has 0 atom stereocenters. The zero-order chi connectivity index (χ0) is 14.5. The van der Waals surface area contributed by atoms with Gasteiger partial charge in [-0.05, 0) is 29.3 Å². The maximum absolute atomic E-state index is 11.8. The smallest absolute Gasteiger partial charge is 0.338 e. The number of hydrogen-bond acceptors (Lipinski definition) is 4. The molecule has 4 heteroatoms. The summed E-state index contributed by atoms with van der Waals surface area (Å²) in [5, 5.41) is 0. The largest absolute Gasteiger partial charge is 0.465 e. The molecule has 0 aliphatic rings. The van der Waals surface area contributed by atoms with Crippen molar-refractivity contribution in [3.63, 3.8) is 0 Å². The molecule has 2 rings (SSSR count). The summed E-state index contributed by atoms with van der Waals surface area (Å²) in [5.74, 6) is -0.827. The molecule has 4 nitrogen and oxygen atoms in total. The predicted octanol–water partition coefficient (Wildman–Crippen LogP) is 2.93. The maximum atomic E-state index is 11.8. The fraction of sp³-hybridized carbons (Fsp3) is 0.125. The number of methoxy groups -OCH3 is 2. The quantitative estimate of drug-likeness (QED) is 0.805. The highest BCUT2D eigenvalue weighted by Crippen LogP contribution is 2.25. The highest BCUT2D eigenvalue weighted by Gasteiger charge is 2.14. The molecule has 0 heterocycles. The van der Waals surface area contributed by atoms with Crippen LogP contribution in [0.3, 0.4) is 0 Å². The Labute approximate surface area is 116 Å². The first kappa shape index (κ1) is 13.8. The summed E-state index contributed by atoms with van der Waals surface area (Å²) in [7, 11) is 2.67. The van der Waals surface area contributed by atoms with Crippen molar-refractivity contribution in [3.05, 3.63) is 59.7 Å². The molecular formula is C16H14O4. The molecule has 0 saturated carbocycles. The Morgan fingerprint density at radius 3 is 2.25 bits per heavy atom. The van der Waals surface area contributed by atoms with Crippen molar-refractivity contribution in [2.45, 2.75) is 0 Å². The van der Waals surface area contributed by atoms with Crippen LogP contribution in [0.4, 0.5) is 0 Å². The first-order valence-corrected chi connectivity index (χ1v) is 6.03. The van der Waals surface area contributed by atoms with Gasteiger partial charge in [0.25, 0.3) is 0 Å². The van der Waals surface area contributed by atoms with Gasteiger partial charge in [-0.15, -0.1) is 0 Å². The van der Waals surface area contributed by atoms with Gasteiger partial charge < -0.3 is 9.47 Å². The number of ether oxygens (including phenoxy) is 2. The predicted molar refractivity (Wildman–Crippen MR) is 74.6 cm³/mol. The van der Waals surface area contributed by atoms with Crippen LogP contribution in [0.25, 0.3) is 11.1 Å². The summed E-state index contributed by atoms with van der Waals surface area (Å²) < 4.78 is 9.46. The van der Waals surface area contributed by atoms with Crippen LogP contribution in [0.1, 0.15) is 20.7 Å². The second kappa shape index (κ2) is 6.02. The van der Waals surface area contributed by atoms with Crippen LogP contribution in [0.5, 0.6) is 0 Å². The second-order valence-electron chi connectivity index (χ2n) is 4.11. The highest BCUT2D eigenvalue weighted by atomic mass is 16.5. The minimum absolute atomic E-state index is 0.413. The van der Waals surface area contributed by atoms with Crippen molar-refractivity contribution in [2.75, 3.05) is 14.2 Å². The molecule has 0 fully saturated rings. The molecule has 0 unspecified atom stereocenters. The Morgan fingerprint density at radius 1 is 0.850 bits per heavy atom. The fourth-order valence-corrected chi connectivity index (χ4v) is 1.95. The standard InChI is InChI=1S/C16H14O4/c1-19-15(17)12-7-5-6-11(10-12)13-8-3-4-9-14(13)16(18)20-2/h3-10H,1-2H3. The van der Waals surface area contributed by atoms with E-state index in [1.807, 2.05) is 18.2 Å². The van der Waals surface area contributed by atoms with Gasteiger partial charge in [0.15, 0.2) is 0 Å². The molecule has 102 valence electrons. The fourth-order valence-electron chi connectivity index (χ4n) is 1.95. The van der Waals surface area contributed by atoms with Gasteiger partial charge in [0.2, 0.25) is 0 Å². The van der Waals surface area contributed by atoms with E-state index in [9.17, 15) is 9.59 Å². The molecule has 0 aliphatic carbocycles. The van der Waals surface area contributed by atoms with Gasteiger partial charge in [-0.25, -0.2) is 9.59 Å². The van der Waals surface area contributed by atoms with Crippen LogP contribution in [-0.4, -0.2) is 26.2 Å². The third-order valence-electron chi connectivity index (χ3n) is 2.93. The lowest BCUT2D eigenvalue weighted by Crippen LogP contribution is -2.04. The van der Waals surface area contributed by atoms with Crippen LogP contribution in [0, 0.1) is 0 Å². The van der Waals surface area contributed by atoms with Crippen molar-refractivity contribution in [3.8, 4) is 11.1 Å². The monoisotopic (exact) mass is 270 g/mol. The van der Waals surface area contributed by atoms with Gasteiger partial charge in [-0.3, -0.25) is 0 Å². The topological polar surface area (TPSA) is 52.6 Å². The van der Waals surface area contributed by atoms with Gasteiger partial charge in [-0.2, -0.15) is 0 Å². The lowest BCUT2D eigenvalue weighted by Gasteiger charge is -2.09. The molecule has 20 heavy (non-hydrogen) atoms. The van der Waals surface area contributed by atoms with Crippen LogP contribution in [0.2, 0.25) is 0 Å². The van der Waals surface area contributed by atoms with Gasteiger partial charge in [0.05, 0.1) is 25.3 Å². The van der Waals surface area contributed by atoms with E-state index in [1.165, 1.54) is 14.2 Å². The van der Waals surface area contributed by atoms with Crippen molar-refractivity contribution in [1.29, 1.82) is 0 Å². The van der Waals surface area contributed by atoms with E-state index in [1.54, 1.807) is 30.3 Å². The highest BCUT2D eigenvalue weighted by molar-refractivity contribution is 5.98. The van der Waals surface area contributed by atoms with E-state index in [0.29, 0.717) is 16.7 Å². The third kappa shape index (κ3) is 2.69. The molecule has 0 aromatic heterocycles. The second-order valence-corrected chi connectivity index (χ2v) is 4.11.